The summed E-state index contributed by atoms with van der Waals surface area (Å²) in [5, 5.41) is 7.27. The summed E-state index contributed by atoms with van der Waals surface area (Å²) in [4.78, 5) is 0. The molecule has 0 radical (unpaired) electrons. The number of hydrogen-bond acceptors (Lipinski definition) is 3. The maximum Gasteiger partial charge on any atom is 0.387 e. The third-order valence-electron chi connectivity index (χ3n) is 2.81. The molecule has 108 valence electrons. The summed E-state index contributed by atoms with van der Waals surface area (Å²) >= 11 is 5.05. The smallest absolute Gasteiger partial charge is 0.387 e. The first-order valence-corrected chi connectivity index (χ1v) is 7.85. The van der Waals surface area contributed by atoms with Crippen LogP contribution < -0.4 is 10.1 Å². The summed E-state index contributed by atoms with van der Waals surface area (Å²) in [7, 11) is 0. The molecule has 2 nitrogen and oxygen atoms in total. The fourth-order valence-corrected chi connectivity index (χ4v) is 3.56. The molecule has 1 aromatic carbocycles. The van der Waals surface area contributed by atoms with E-state index in [2.05, 4.69) is 26.0 Å². The molecular weight excluding hydrogens is 348 g/mol. The highest BCUT2D eigenvalue weighted by molar-refractivity contribution is 9.10. The maximum atomic E-state index is 12.5. The van der Waals surface area contributed by atoms with Crippen LogP contribution in [0.15, 0.2) is 39.5 Å². The van der Waals surface area contributed by atoms with E-state index in [1.165, 1.54) is 0 Å². The lowest BCUT2D eigenvalue weighted by Crippen LogP contribution is -2.23. The van der Waals surface area contributed by atoms with Crippen molar-refractivity contribution in [3.05, 3.63) is 50.6 Å². The number of rotatable bonds is 6. The Balaban J connectivity index is 2.42. The van der Waals surface area contributed by atoms with Crippen LogP contribution in [0.25, 0.3) is 0 Å². The summed E-state index contributed by atoms with van der Waals surface area (Å²) in [6.45, 7) is -0.135. The van der Waals surface area contributed by atoms with Crippen molar-refractivity contribution in [1.29, 1.82) is 0 Å². The summed E-state index contributed by atoms with van der Waals surface area (Å²) in [6.07, 6.45) is 0. The first-order chi connectivity index (χ1) is 9.63. The van der Waals surface area contributed by atoms with Crippen molar-refractivity contribution in [2.24, 2.45) is 0 Å². The van der Waals surface area contributed by atoms with Crippen LogP contribution in [0.1, 0.15) is 24.1 Å². The number of hydrogen-bond donors (Lipinski definition) is 1. The molecule has 0 aliphatic heterocycles. The molecule has 1 N–H and O–H groups in total. The highest BCUT2D eigenvalue weighted by Crippen LogP contribution is 2.36. The van der Waals surface area contributed by atoms with Crippen LogP contribution in [-0.4, -0.2) is 13.2 Å². The molecule has 2 rings (SSSR count). The average Bonchev–Trinajstić information content (AvgIpc) is 2.82. The van der Waals surface area contributed by atoms with Gasteiger partial charge in [0.15, 0.2) is 0 Å². The predicted molar refractivity (Wildman–Crippen MR) is 80.6 cm³/mol. The van der Waals surface area contributed by atoms with E-state index >= 15 is 0 Å². The zero-order valence-corrected chi connectivity index (χ0v) is 13.2. The molecule has 2 aromatic rings. The van der Waals surface area contributed by atoms with E-state index < -0.39 is 6.61 Å². The molecule has 1 unspecified atom stereocenters. The van der Waals surface area contributed by atoms with Gasteiger partial charge < -0.3 is 10.1 Å². The highest BCUT2D eigenvalue weighted by Gasteiger charge is 2.21. The van der Waals surface area contributed by atoms with Gasteiger partial charge in [-0.15, -0.1) is 0 Å². The summed E-state index contributed by atoms with van der Waals surface area (Å²) in [5.41, 5.74) is 1.72. The molecule has 0 spiro atoms. The van der Waals surface area contributed by atoms with Gasteiger partial charge in [0.05, 0.1) is 6.04 Å². The minimum atomic E-state index is -2.83. The molecule has 0 aliphatic carbocycles. The molecule has 0 fully saturated rings. The Morgan fingerprint density at radius 3 is 2.60 bits per heavy atom. The summed E-state index contributed by atoms with van der Waals surface area (Å²) < 4.78 is 30.6. The van der Waals surface area contributed by atoms with Crippen molar-refractivity contribution in [3.8, 4) is 5.75 Å². The van der Waals surface area contributed by atoms with E-state index in [-0.39, 0.29) is 11.8 Å². The van der Waals surface area contributed by atoms with Gasteiger partial charge >= 0.3 is 6.61 Å². The van der Waals surface area contributed by atoms with Gasteiger partial charge in [0.2, 0.25) is 0 Å². The average molecular weight is 362 g/mol. The summed E-state index contributed by atoms with van der Waals surface area (Å²) in [6, 6.07) is 6.68. The Morgan fingerprint density at radius 2 is 2.00 bits per heavy atom. The molecule has 0 amide bonds. The van der Waals surface area contributed by atoms with E-state index in [1.54, 1.807) is 29.5 Å². The molecule has 0 aliphatic rings. The third kappa shape index (κ3) is 3.56. The Morgan fingerprint density at radius 1 is 1.25 bits per heavy atom. The minimum Gasteiger partial charge on any atom is -0.434 e. The Kier molecular flexibility index (Phi) is 5.51. The lowest BCUT2D eigenvalue weighted by molar-refractivity contribution is -0.0506. The molecule has 0 saturated heterocycles. The Hall–Kier alpha value is -0.980. The zero-order chi connectivity index (χ0) is 14.5. The number of thiophene rings is 1. The maximum absolute atomic E-state index is 12.5. The van der Waals surface area contributed by atoms with Crippen LogP contribution in [0.3, 0.4) is 0 Å². The normalized spacial score (nSPS) is 12.7. The molecule has 1 atom stereocenters. The van der Waals surface area contributed by atoms with Gasteiger partial charge in [-0.05, 0) is 39.5 Å². The minimum absolute atomic E-state index is 0.185. The summed E-state index contributed by atoms with van der Waals surface area (Å²) in [5.74, 6) is 0.201. The molecule has 6 heteroatoms. The highest BCUT2D eigenvalue weighted by atomic mass is 79.9. The Labute approximate surface area is 128 Å². The van der Waals surface area contributed by atoms with Crippen LogP contribution in [-0.2, 0) is 0 Å². The van der Waals surface area contributed by atoms with Crippen molar-refractivity contribution in [3.63, 3.8) is 0 Å². The quantitative estimate of drug-likeness (QED) is 0.796. The Bertz CT molecular complexity index is 562. The van der Waals surface area contributed by atoms with Gasteiger partial charge in [0, 0.05) is 15.4 Å². The van der Waals surface area contributed by atoms with Crippen LogP contribution in [0, 0.1) is 0 Å². The first-order valence-electron chi connectivity index (χ1n) is 6.12. The van der Waals surface area contributed by atoms with Crippen LogP contribution in [0.2, 0.25) is 0 Å². The van der Waals surface area contributed by atoms with E-state index in [1.807, 2.05) is 23.8 Å². The van der Waals surface area contributed by atoms with Gasteiger partial charge in [0.1, 0.15) is 5.75 Å². The van der Waals surface area contributed by atoms with Crippen molar-refractivity contribution in [1.82, 2.24) is 5.32 Å². The van der Waals surface area contributed by atoms with Crippen LogP contribution >= 0.6 is 27.3 Å². The second-order valence-electron chi connectivity index (χ2n) is 4.08. The SMILES string of the molecule is CCNC(c1cscc1Br)c1ccccc1OC(F)F. The molecule has 20 heavy (non-hydrogen) atoms. The van der Waals surface area contributed by atoms with Gasteiger partial charge in [0.25, 0.3) is 0 Å². The molecular formula is C14H14BrF2NOS. The second-order valence-corrected chi connectivity index (χ2v) is 5.68. The van der Waals surface area contributed by atoms with Crippen molar-refractivity contribution >= 4 is 27.3 Å². The lowest BCUT2D eigenvalue weighted by Gasteiger charge is -2.21. The number of ether oxygens (including phenoxy) is 1. The van der Waals surface area contributed by atoms with Crippen LogP contribution in [0.4, 0.5) is 8.78 Å². The van der Waals surface area contributed by atoms with Crippen LogP contribution in [0.5, 0.6) is 5.75 Å². The van der Waals surface area contributed by atoms with E-state index in [4.69, 9.17) is 0 Å². The molecule has 1 aromatic heterocycles. The second kappa shape index (κ2) is 7.15. The number of para-hydroxylation sites is 1. The van der Waals surface area contributed by atoms with Gasteiger partial charge in [-0.2, -0.15) is 20.1 Å². The number of halogens is 3. The fraction of sp³-hybridized carbons (Fsp3) is 0.286. The third-order valence-corrected chi connectivity index (χ3v) is 4.56. The number of alkyl halides is 2. The van der Waals surface area contributed by atoms with Crippen molar-refractivity contribution in [2.45, 2.75) is 19.6 Å². The van der Waals surface area contributed by atoms with Gasteiger partial charge in [-0.1, -0.05) is 25.1 Å². The topological polar surface area (TPSA) is 21.3 Å². The largest absolute Gasteiger partial charge is 0.434 e. The lowest BCUT2D eigenvalue weighted by atomic mass is 10.0. The fourth-order valence-electron chi connectivity index (χ4n) is 2.01. The van der Waals surface area contributed by atoms with Crippen molar-refractivity contribution in [2.75, 3.05) is 6.54 Å². The molecule has 0 saturated carbocycles. The van der Waals surface area contributed by atoms with E-state index in [9.17, 15) is 8.78 Å². The van der Waals surface area contributed by atoms with E-state index in [0.29, 0.717) is 5.56 Å². The van der Waals surface area contributed by atoms with Crippen molar-refractivity contribution < 1.29 is 13.5 Å². The predicted octanol–water partition coefficient (Wildman–Crippen LogP) is 4.81. The van der Waals surface area contributed by atoms with E-state index in [0.717, 1.165) is 16.6 Å². The molecule has 1 heterocycles. The number of nitrogens with one attached hydrogen (secondary N) is 1. The monoisotopic (exact) mass is 361 g/mol. The first kappa shape index (κ1) is 15.4. The zero-order valence-electron chi connectivity index (χ0n) is 10.8. The molecule has 0 bridgehead atoms. The van der Waals surface area contributed by atoms with Gasteiger partial charge in [-0.25, -0.2) is 0 Å². The van der Waals surface area contributed by atoms with Gasteiger partial charge in [-0.3, -0.25) is 0 Å². The number of benzene rings is 1. The standard InChI is InChI=1S/C14H14BrF2NOS/c1-2-18-13(10-7-20-8-11(10)15)9-5-3-4-6-12(9)19-14(16)17/h3-8,13-14,18H,2H2,1H3.